The molecule has 1 unspecified atom stereocenters. The zero-order chi connectivity index (χ0) is 13.4. The van der Waals surface area contributed by atoms with Gasteiger partial charge in [0.25, 0.3) is 0 Å². The zero-order valence-corrected chi connectivity index (χ0v) is 12.8. The molecule has 0 aromatic rings. The maximum absolute atomic E-state index is 4.10. The van der Waals surface area contributed by atoms with Gasteiger partial charge in [0, 0.05) is 6.04 Å². The smallest absolute Gasteiger partial charge is 0.0104 e. The molecule has 0 amide bonds. The lowest BCUT2D eigenvalue weighted by Gasteiger charge is -2.56. The van der Waals surface area contributed by atoms with Crippen molar-refractivity contribution in [3.8, 4) is 0 Å². The molecule has 4 bridgehead atoms. The van der Waals surface area contributed by atoms with Crippen LogP contribution in [0.15, 0.2) is 12.2 Å². The minimum atomic E-state index is 0.761. The molecule has 19 heavy (non-hydrogen) atoms. The molecular weight excluding hydrogens is 230 g/mol. The predicted molar refractivity (Wildman–Crippen MR) is 82.0 cm³/mol. The van der Waals surface area contributed by atoms with E-state index in [1.54, 1.807) is 32.1 Å². The third kappa shape index (κ3) is 2.77. The van der Waals surface area contributed by atoms with Crippen molar-refractivity contribution in [2.45, 2.75) is 64.8 Å². The van der Waals surface area contributed by atoms with Gasteiger partial charge in [-0.15, -0.1) is 6.58 Å². The zero-order valence-electron chi connectivity index (χ0n) is 12.8. The fraction of sp³-hybridized carbons (Fsp3) is 0.889. The van der Waals surface area contributed by atoms with E-state index in [-0.39, 0.29) is 0 Å². The van der Waals surface area contributed by atoms with Crippen molar-refractivity contribution < 1.29 is 0 Å². The molecule has 4 aliphatic carbocycles. The highest BCUT2D eigenvalue weighted by molar-refractivity contribution is 5.02. The summed E-state index contributed by atoms with van der Waals surface area (Å²) < 4.78 is 0. The van der Waals surface area contributed by atoms with Crippen LogP contribution in [0.1, 0.15) is 58.8 Å². The maximum Gasteiger partial charge on any atom is 0.0104 e. The summed E-state index contributed by atoms with van der Waals surface area (Å²) in [5.74, 6) is 5.27. The van der Waals surface area contributed by atoms with Crippen molar-refractivity contribution in [3.63, 3.8) is 0 Å². The molecule has 1 N–H and O–H groups in total. The molecule has 4 aliphatic rings. The summed E-state index contributed by atoms with van der Waals surface area (Å²) in [5.41, 5.74) is 1.35. The summed E-state index contributed by atoms with van der Waals surface area (Å²) in [6, 6.07) is 0.761. The second-order valence-corrected chi connectivity index (χ2v) is 7.67. The summed E-state index contributed by atoms with van der Waals surface area (Å²) in [6.07, 6.45) is 10.3. The van der Waals surface area contributed by atoms with Gasteiger partial charge >= 0.3 is 0 Å². The largest absolute Gasteiger partial charge is 0.314 e. The van der Waals surface area contributed by atoms with Crippen LogP contribution in [0.2, 0.25) is 0 Å². The van der Waals surface area contributed by atoms with Crippen molar-refractivity contribution in [2.24, 2.45) is 29.6 Å². The molecule has 1 atom stereocenters. The van der Waals surface area contributed by atoms with Crippen LogP contribution in [0.5, 0.6) is 0 Å². The summed E-state index contributed by atoms with van der Waals surface area (Å²) in [4.78, 5) is 0. The maximum atomic E-state index is 4.10. The van der Waals surface area contributed by atoms with Gasteiger partial charge in [-0.1, -0.05) is 12.5 Å². The molecule has 4 rings (SSSR count). The van der Waals surface area contributed by atoms with E-state index in [0.717, 1.165) is 42.2 Å². The van der Waals surface area contributed by atoms with Crippen molar-refractivity contribution >= 4 is 0 Å². The highest BCUT2D eigenvalue weighted by Gasteiger charge is 2.50. The molecule has 0 radical (unpaired) electrons. The first-order valence-corrected chi connectivity index (χ1v) is 8.55. The van der Waals surface area contributed by atoms with Crippen molar-refractivity contribution in [1.82, 2.24) is 5.32 Å². The minimum absolute atomic E-state index is 0.761. The summed E-state index contributed by atoms with van der Waals surface area (Å²) in [6.45, 7) is 9.67. The molecular formula is C18H31N. The number of hydrogen-bond donors (Lipinski definition) is 1. The normalized spacial score (nSPS) is 41.5. The number of rotatable bonds is 6. The first-order valence-electron chi connectivity index (χ1n) is 8.55. The summed E-state index contributed by atoms with van der Waals surface area (Å²) in [5, 5.41) is 3.82. The lowest BCUT2D eigenvalue weighted by Crippen LogP contribution is -2.53. The average molecular weight is 261 g/mol. The number of nitrogens with one attached hydrogen (secondary N) is 1. The van der Waals surface area contributed by atoms with E-state index in [4.69, 9.17) is 0 Å². The molecule has 0 saturated heterocycles. The minimum Gasteiger partial charge on any atom is -0.314 e. The molecule has 4 fully saturated rings. The van der Waals surface area contributed by atoms with Crippen LogP contribution in [-0.4, -0.2) is 12.6 Å². The van der Waals surface area contributed by atoms with E-state index < -0.39 is 0 Å². The van der Waals surface area contributed by atoms with E-state index in [1.807, 2.05) is 0 Å². The Kier molecular flexibility index (Phi) is 4.03. The van der Waals surface area contributed by atoms with Gasteiger partial charge in [-0.05, 0) is 88.0 Å². The quantitative estimate of drug-likeness (QED) is 0.699. The van der Waals surface area contributed by atoms with Gasteiger partial charge in [-0.2, -0.15) is 0 Å². The fourth-order valence-corrected chi connectivity index (χ4v) is 5.72. The third-order valence-corrected chi connectivity index (χ3v) is 6.11. The standard InChI is InChI=1S/C18H31N/c1-4-19-17(6-5-12(2)3)18-15-8-13-7-14(10-15)11-16(18)9-13/h13-19H,2,4-11H2,1,3H3. The van der Waals surface area contributed by atoms with E-state index >= 15 is 0 Å². The van der Waals surface area contributed by atoms with Crippen LogP contribution in [-0.2, 0) is 0 Å². The topological polar surface area (TPSA) is 12.0 Å². The molecule has 1 heteroatoms. The highest BCUT2D eigenvalue weighted by Crippen LogP contribution is 2.57. The Morgan fingerprint density at radius 1 is 1.11 bits per heavy atom. The lowest BCUT2D eigenvalue weighted by atomic mass is 9.50. The van der Waals surface area contributed by atoms with Crippen LogP contribution < -0.4 is 5.32 Å². The Morgan fingerprint density at radius 2 is 1.68 bits per heavy atom. The van der Waals surface area contributed by atoms with Gasteiger partial charge in [0.2, 0.25) is 0 Å². The summed E-state index contributed by atoms with van der Waals surface area (Å²) in [7, 11) is 0. The first kappa shape index (κ1) is 13.7. The van der Waals surface area contributed by atoms with E-state index in [9.17, 15) is 0 Å². The van der Waals surface area contributed by atoms with Crippen LogP contribution in [0.3, 0.4) is 0 Å². The molecule has 4 saturated carbocycles. The van der Waals surface area contributed by atoms with Gasteiger partial charge in [0.05, 0.1) is 0 Å². The van der Waals surface area contributed by atoms with Crippen molar-refractivity contribution in [1.29, 1.82) is 0 Å². The molecule has 108 valence electrons. The Hall–Kier alpha value is -0.300. The Morgan fingerprint density at radius 3 is 2.16 bits per heavy atom. The highest BCUT2D eigenvalue weighted by atomic mass is 14.9. The Bertz CT molecular complexity index is 305. The second kappa shape index (κ2) is 5.60. The third-order valence-electron chi connectivity index (χ3n) is 6.11. The van der Waals surface area contributed by atoms with Crippen molar-refractivity contribution in [2.75, 3.05) is 6.54 Å². The molecule has 0 aromatic heterocycles. The molecule has 0 spiro atoms. The van der Waals surface area contributed by atoms with E-state index in [0.29, 0.717) is 0 Å². The van der Waals surface area contributed by atoms with Crippen LogP contribution >= 0.6 is 0 Å². The monoisotopic (exact) mass is 261 g/mol. The SMILES string of the molecule is C=C(C)CCC(NCC)C1C2CC3CC(C2)CC1C3. The molecule has 0 aliphatic heterocycles. The van der Waals surface area contributed by atoms with Gasteiger partial charge in [0.1, 0.15) is 0 Å². The average Bonchev–Trinajstić information content (AvgIpc) is 2.34. The van der Waals surface area contributed by atoms with Gasteiger partial charge in [0.15, 0.2) is 0 Å². The van der Waals surface area contributed by atoms with Gasteiger partial charge in [-0.3, -0.25) is 0 Å². The van der Waals surface area contributed by atoms with Crippen LogP contribution in [0.4, 0.5) is 0 Å². The van der Waals surface area contributed by atoms with E-state index in [2.05, 4.69) is 25.7 Å². The lowest BCUT2D eigenvalue weighted by molar-refractivity contribution is -0.0526. The van der Waals surface area contributed by atoms with Crippen molar-refractivity contribution in [3.05, 3.63) is 12.2 Å². The fourth-order valence-electron chi connectivity index (χ4n) is 5.72. The first-order chi connectivity index (χ1) is 9.17. The molecule has 1 nitrogen and oxygen atoms in total. The van der Waals surface area contributed by atoms with Crippen LogP contribution in [0, 0.1) is 29.6 Å². The van der Waals surface area contributed by atoms with Gasteiger partial charge in [-0.25, -0.2) is 0 Å². The van der Waals surface area contributed by atoms with E-state index in [1.165, 1.54) is 18.4 Å². The number of hydrogen-bond acceptors (Lipinski definition) is 1. The molecule has 0 aromatic carbocycles. The molecule has 0 heterocycles. The summed E-state index contributed by atoms with van der Waals surface area (Å²) >= 11 is 0. The predicted octanol–water partition coefficient (Wildman–Crippen LogP) is 4.39. The Labute approximate surface area is 119 Å². The Balaban J connectivity index is 1.69. The number of allylic oxidation sites excluding steroid dienone is 1. The van der Waals surface area contributed by atoms with Crippen LogP contribution in [0.25, 0.3) is 0 Å². The second-order valence-electron chi connectivity index (χ2n) is 7.67. The van der Waals surface area contributed by atoms with Gasteiger partial charge < -0.3 is 5.32 Å².